The van der Waals surface area contributed by atoms with E-state index < -0.39 is 16.1 Å². The number of hydrogen-bond donors (Lipinski definition) is 2. The number of anilines is 1. The molecule has 7 nitrogen and oxygen atoms in total. The van der Waals surface area contributed by atoms with Gasteiger partial charge in [-0.1, -0.05) is 0 Å². The molecule has 0 bridgehead atoms. The Bertz CT molecular complexity index is 558. The molecule has 0 saturated carbocycles. The average Bonchev–Trinajstić information content (AvgIpc) is 2.96. The van der Waals surface area contributed by atoms with E-state index in [2.05, 4.69) is 4.98 Å². The third-order valence-electron chi connectivity index (χ3n) is 3.36. The van der Waals surface area contributed by atoms with Gasteiger partial charge in [0.15, 0.2) is 5.13 Å². The first-order chi connectivity index (χ1) is 9.33. The number of aliphatic hydroxyl groups is 2. The number of rotatable bonds is 5. The molecule has 1 aliphatic rings. The first-order valence-electron chi connectivity index (χ1n) is 6.22. The molecule has 0 unspecified atom stereocenters. The Morgan fingerprint density at radius 2 is 2.20 bits per heavy atom. The summed E-state index contributed by atoms with van der Waals surface area (Å²) in [5, 5.41) is 21.5. The Kier molecular flexibility index (Phi) is 4.65. The second-order valence-corrected chi connectivity index (χ2v) is 8.14. The highest BCUT2D eigenvalue weighted by atomic mass is 32.2. The largest absolute Gasteiger partial charge is 0.391 e. The fourth-order valence-electron chi connectivity index (χ4n) is 2.11. The number of thiazole rings is 1. The number of aromatic nitrogens is 1. The van der Waals surface area contributed by atoms with Gasteiger partial charge in [-0.2, -0.15) is 0 Å². The smallest absolute Gasteiger partial charge is 0.214 e. The summed E-state index contributed by atoms with van der Waals surface area (Å²) < 4.78 is 24.9. The lowest BCUT2D eigenvalue weighted by Crippen LogP contribution is -2.33. The van der Waals surface area contributed by atoms with Gasteiger partial charge >= 0.3 is 0 Å². The van der Waals surface area contributed by atoms with Crippen LogP contribution in [0, 0.1) is 5.92 Å². The van der Waals surface area contributed by atoms with Crippen LogP contribution in [0.15, 0.2) is 5.38 Å². The first-order valence-corrected chi connectivity index (χ1v) is 8.71. The molecule has 1 aromatic heterocycles. The average molecular weight is 321 g/mol. The summed E-state index contributed by atoms with van der Waals surface area (Å²) in [7, 11) is -0.352. The molecule has 0 amide bonds. The Labute approximate surface area is 122 Å². The Morgan fingerprint density at radius 3 is 2.75 bits per heavy atom. The van der Waals surface area contributed by atoms with Crippen molar-refractivity contribution >= 4 is 26.5 Å². The molecule has 2 rings (SSSR count). The molecule has 0 spiro atoms. The van der Waals surface area contributed by atoms with Gasteiger partial charge in [-0.15, -0.1) is 11.3 Å². The molecule has 0 aliphatic carbocycles. The third kappa shape index (κ3) is 3.29. The zero-order valence-corrected chi connectivity index (χ0v) is 13.1. The van der Waals surface area contributed by atoms with Crippen molar-refractivity contribution < 1.29 is 18.6 Å². The van der Waals surface area contributed by atoms with Gasteiger partial charge in [-0.05, 0) is 0 Å². The van der Waals surface area contributed by atoms with Gasteiger partial charge in [0.1, 0.15) is 0 Å². The summed E-state index contributed by atoms with van der Waals surface area (Å²) in [5.74, 6) is -0.403. The maximum atomic E-state index is 11.9. The highest BCUT2D eigenvalue weighted by Crippen LogP contribution is 2.28. The van der Waals surface area contributed by atoms with E-state index in [9.17, 15) is 13.5 Å². The molecule has 20 heavy (non-hydrogen) atoms. The summed E-state index contributed by atoms with van der Waals surface area (Å²) in [4.78, 5) is 6.10. The van der Waals surface area contributed by atoms with Crippen molar-refractivity contribution in [2.75, 3.05) is 37.8 Å². The summed E-state index contributed by atoms with van der Waals surface area (Å²) in [6.45, 7) is 0.698. The zero-order valence-electron chi connectivity index (χ0n) is 11.4. The van der Waals surface area contributed by atoms with E-state index in [0.29, 0.717) is 23.9 Å². The second kappa shape index (κ2) is 5.94. The normalized spacial score (nSPS) is 23.8. The number of β-amino-alcohol motifs (C(OH)–C–C–N with tert-alkyl or cyclic N) is 1. The Balaban J connectivity index is 2.05. The van der Waals surface area contributed by atoms with Crippen LogP contribution in [-0.4, -0.2) is 67.0 Å². The Hall–Kier alpha value is -0.740. The van der Waals surface area contributed by atoms with Crippen LogP contribution < -0.4 is 4.90 Å². The number of sulfonamides is 1. The second-order valence-electron chi connectivity index (χ2n) is 5.07. The van der Waals surface area contributed by atoms with Crippen molar-refractivity contribution in [3.05, 3.63) is 11.1 Å². The predicted octanol–water partition coefficient (Wildman–Crippen LogP) is -0.676. The van der Waals surface area contributed by atoms with E-state index in [-0.39, 0.29) is 18.3 Å². The maximum absolute atomic E-state index is 11.9. The van der Waals surface area contributed by atoms with Crippen molar-refractivity contribution in [2.45, 2.75) is 12.7 Å². The molecular formula is C11H19N3O4S2. The summed E-state index contributed by atoms with van der Waals surface area (Å²) in [6, 6.07) is 0. The lowest BCUT2D eigenvalue weighted by Gasteiger charge is -2.17. The van der Waals surface area contributed by atoms with E-state index in [4.69, 9.17) is 5.11 Å². The monoisotopic (exact) mass is 321 g/mol. The quantitative estimate of drug-likeness (QED) is 0.747. The SMILES string of the molecule is CN(C)S(=O)(=O)C[C@@H]1CN(c2nc(CO)cs2)C[C@@H]1O. The van der Waals surface area contributed by atoms with Crippen LogP contribution in [0.1, 0.15) is 5.69 Å². The molecule has 1 aromatic rings. The van der Waals surface area contributed by atoms with Crippen molar-refractivity contribution in [3.8, 4) is 0 Å². The molecule has 0 radical (unpaired) electrons. The van der Waals surface area contributed by atoms with Gasteiger partial charge in [-0.3, -0.25) is 0 Å². The number of aliphatic hydroxyl groups excluding tert-OH is 2. The fraction of sp³-hybridized carbons (Fsp3) is 0.727. The van der Waals surface area contributed by atoms with Crippen LogP contribution in [0.2, 0.25) is 0 Å². The number of hydrogen-bond acceptors (Lipinski definition) is 7. The van der Waals surface area contributed by atoms with Crippen LogP contribution in [0.5, 0.6) is 0 Å². The van der Waals surface area contributed by atoms with E-state index >= 15 is 0 Å². The minimum Gasteiger partial charge on any atom is -0.391 e. The molecule has 9 heteroatoms. The molecule has 2 atom stereocenters. The van der Waals surface area contributed by atoms with Crippen LogP contribution in [-0.2, 0) is 16.6 Å². The van der Waals surface area contributed by atoms with Crippen LogP contribution in [0.3, 0.4) is 0 Å². The summed E-state index contributed by atoms with van der Waals surface area (Å²) >= 11 is 1.38. The van der Waals surface area contributed by atoms with E-state index in [0.717, 1.165) is 0 Å². The van der Waals surface area contributed by atoms with E-state index in [1.807, 2.05) is 4.90 Å². The van der Waals surface area contributed by atoms with E-state index in [1.165, 1.54) is 29.7 Å². The molecule has 114 valence electrons. The summed E-state index contributed by atoms with van der Waals surface area (Å²) in [6.07, 6.45) is -0.689. The number of nitrogens with zero attached hydrogens (tertiary/aromatic N) is 3. The zero-order chi connectivity index (χ0) is 14.9. The van der Waals surface area contributed by atoms with Crippen LogP contribution in [0.25, 0.3) is 0 Å². The van der Waals surface area contributed by atoms with Crippen molar-refractivity contribution in [2.24, 2.45) is 5.92 Å². The molecular weight excluding hydrogens is 302 g/mol. The Morgan fingerprint density at radius 1 is 1.50 bits per heavy atom. The third-order valence-corrected chi connectivity index (χ3v) is 6.27. The van der Waals surface area contributed by atoms with Gasteiger partial charge in [0.25, 0.3) is 0 Å². The van der Waals surface area contributed by atoms with Crippen molar-refractivity contribution in [1.29, 1.82) is 0 Å². The van der Waals surface area contributed by atoms with Gasteiger partial charge in [0, 0.05) is 38.5 Å². The topological polar surface area (TPSA) is 94.0 Å². The minimum absolute atomic E-state index is 0.0735. The van der Waals surface area contributed by atoms with Crippen LogP contribution in [0.4, 0.5) is 5.13 Å². The van der Waals surface area contributed by atoms with Crippen molar-refractivity contribution in [3.63, 3.8) is 0 Å². The highest BCUT2D eigenvalue weighted by Gasteiger charge is 2.36. The lowest BCUT2D eigenvalue weighted by molar-refractivity contribution is 0.157. The molecule has 2 N–H and O–H groups in total. The van der Waals surface area contributed by atoms with Crippen molar-refractivity contribution in [1.82, 2.24) is 9.29 Å². The standard InChI is InChI=1S/C11H19N3O4S2/c1-13(2)20(17,18)7-8-3-14(4-10(8)16)11-12-9(5-15)6-19-11/h6,8,10,15-16H,3-5,7H2,1-2H3/t8-,10-/m0/s1. The predicted molar refractivity (Wildman–Crippen MR) is 77.2 cm³/mol. The van der Waals surface area contributed by atoms with Gasteiger partial charge in [-0.25, -0.2) is 17.7 Å². The minimum atomic E-state index is -3.33. The lowest BCUT2D eigenvalue weighted by atomic mass is 10.1. The van der Waals surface area contributed by atoms with Crippen LogP contribution >= 0.6 is 11.3 Å². The molecule has 1 fully saturated rings. The highest BCUT2D eigenvalue weighted by molar-refractivity contribution is 7.89. The van der Waals surface area contributed by atoms with E-state index in [1.54, 1.807) is 5.38 Å². The molecule has 1 saturated heterocycles. The van der Waals surface area contributed by atoms with Gasteiger partial charge < -0.3 is 15.1 Å². The first kappa shape index (κ1) is 15.6. The maximum Gasteiger partial charge on any atom is 0.214 e. The summed E-state index contributed by atoms with van der Waals surface area (Å²) in [5.41, 5.74) is 0.587. The van der Waals surface area contributed by atoms with Gasteiger partial charge in [0.05, 0.1) is 24.2 Å². The molecule has 2 heterocycles. The molecule has 1 aliphatic heterocycles. The molecule has 0 aromatic carbocycles. The fourth-order valence-corrected chi connectivity index (χ4v) is 4.11. The van der Waals surface area contributed by atoms with Gasteiger partial charge in [0.2, 0.25) is 10.0 Å².